The minimum Gasteiger partial charge on any atom is -0.335 e. The van der Waals surface area contributed by atoms with Gasteiger partial charge < -0.3 is 4.57 Å². The van der Waals surface area contributed by atoms with Crippen molar-refractivity contribution < 1.29 is 4.79 Å². The van der Waals surface area contributed by atoms with Gasteiger partial charge in [-0.3, -0.25) is 10.2 Å². The second kappa shape index (κ2) is 4.61. The third kappa shape index (κ3) is 2.87. The van der Waals surface area contributed by atoms with Crippen LogP contribution in [0.3, 0.4) is 0 Å². The number of carbonyl (C=O) groups excluding carboxylic acids is 1. The van der Waals surface area contributed by atoms with Gasteiger partial charge in [0.1, 0.15) is 5.82 Å². The van der Waals surface area contributed by atoms with E-state index in [1.807, 2.05) is 17.7 Å². The zero-order chi connectivity index (χ0) is 9.68. The maximum Gasteiger partial charge on any atom is 0.233 e. The Hall–Kier alpha value is -1.36. The van der Waals surface area contributed by atoms with Crippen molar-refractivity contribution in [3.8, 4) is 0 Å². The van der Waals surface area contributed by atoms with E-state index < -0.39 is 0 Å². The van der Waals surface area contributed by atoms with Crippen molar-refractivity contribution in [3.05, 3.63) is 18.2 Å². The molecule has 1 aromatic heterocycles. The maximum absolute atomic E-state index is 10.8. The number of nitrogens with one attached hydrogen (secondary N) is 1. The third-order valence-electron chi connectivity index (χ3n) is 1.89. The first-order valence-electron chi connectivity index (χ1n) is 4.21. The normalized spacial score (nSPS) is 10.0. The molecule has 0 spiro atoms. The lowest BCUT2D eigenvalue weighted by molar-refractivity contribution is -0.121. The van der Waals surface area contributed by atoms with Gasteiger partial charge >= 0.3 is 0 Å². The van der Waals surface area contributed by atoms with Crippen LogP contribution in [-0.2, 0) is 11.3 Å². The molecular weight excluding hydrogens is 168 g/mol. The van der Waals surface area contributed by atoms with Crippen molar-refractivity contribution >= 4 is 5.91 Å². The number of rotatable bonds is 4. The number of carbonyl (C=O) groups is 1. The Bertz CT molecular complexity index is 281. The summed E-state index contributed by atoms with van der Waals surface area (Å²) in [5.41, 5.74) is 2.10. The van der Waals surface area contributed by atoms with E-state index in [2.05, 4.69) is 10.4 Å². The highest BCUT2D eigenvalue weighted by Gasteiger charge is 1.99. The highest BCUT2D eigenvalue weighted by atomic mass is 16.2. The lowest BCUT2D eigenvalue weighted by atomic mass is 10.3. The average molecular weight is 182 g/mol. The van der Waals surface area contributed by atoms with Crippen LogP contribution < -0.4 is 11.3 Å². The van der Waals surface area contributed by atoms with Crippen LogP contribution in [0.1, 0.15) is 18.7 Å². The topological polar surface area (TPSA) is 72.9 Å². The quantitative estimate of drug-likeness (QED) is 0.390. The molecule has 1 rings (SSSR count). The Morgan fingerprint density at radius 1 is 1.77 bits per heavy atom. The molecule has 13 heavy (non-hydrogen) atoms. The first-order valence-corrected chi connectivity index (χ1v) is 4.21. The molecular formula is C8H14N4O. The number of aromatic nitrogens is 2. The molecule has 0 aliphatic heterocycles. The standard InChI is InChI=1S/C8H14N4O/c1-7-10-4-6-12(7)5-2-3-8(13)11-9/h4,6H,2-3,5,9H2,1H3,(H,11,13). The van der Waals surface area contributed by atoms with Crippen LogP contribution in [0.25, 0.3) is 0 Å². The van der Waals surface area contributed by atoms with Gasteiger partial charge in [0.15, 0.2) is 0 Å². The maximum atomic E-state index is 10.8. The molecule has 1 heterocycles. The molecule has 0 bridgehead atoms. The monoisotopic (exact) mass is 182 g/mol. The van der Waals surface area contributed by atoms with Crippen molar-refractivity contribution in [2.75, 3.05) is 0 Å². The van der Waals surface area contributed by atoms with Crippen LogP contribution in [0.15, 0.2) is 12.4 Å². The molecule has 0 atom stereocenters. The van der Waals surface area contributed by atoms with Crippen LogP contribution in [0, 0.1) is 6.92 Å². The lowest BCUT2D eigenvalue weighted by Gasteiger charge is -2.03. The summed E-state index contributed by atoms with van der Waals surface area (Å²) in [6.07, 6.45) is 4.88. The van der Waals surface area contributed by atoms with Gasteiger partial charge in [-0.15, -0.1) is 0 Å². The van der Waals surface area contributed by atoms with Gasteiger partial charge in [-0.2, -0.15) is 0 Å². The molecule has 0 radical (unpaired) electrons. The van der Waals surface area contributed by atoms with E-state index in [0.717, 1.165) is 18.8 Å². The van der Waals surface area contributed by atoms with Crippen LogP contribution >= 0.6 is 0 Å². The highest BCUT2D eigenvalue weighted by Crippen LogP contribution is 1.99. The fourth-order valence-electron chi connectivity index (χ4n) is 1.12. The van der Waals surface area contributed by atoms with Crippen LogP contribution in [0.2, 0.25) is 0 Å². The summed E-state index contributed by atoms with van der Waals surface area (Å²) < 4.78 is 2.00. The minimum atomic E-state index is -0.127. The van der Waals surface area contributed by atoms with Gasteiger partial charge in [0.2, 0.25) is 5.91 Å². The molecule has 0 aliphatic rings. The number of nitrogens with two attached hydrogens (primary N) is 1. The molecule has 0 fully saturated rings. The SMILES string of the molecule is Cc1nccn1CCCC(=O)NN. The number of hydrogen-bond donors (Lipinski definition) is 2. The Morgan fingerprint density at radius 2 is 2.54 bits per heavy atom. The second-order valence-corrected chi connectivity index (χ2v) is 2.84. The molecule has 1 amide bonds. The van der Waals surface area contributed by atoms with Crippen molar-refractivity contribution in [1.29, 1.82) is 0 Å². The Kier molecular flexibility index (Phi) is 3.45. The molecule has 5 heteroatoms. The predicted molar refractivity (Wildman–Crippen MR) is 48.5 cm³/mol. The largest absolute Gasteiger partial charge is 0.335 e. The molecule has 72 valence electrons. The highest BCUT2D eigenvalue weighted by molar-refractivity contribution is 5.74. The second-order valence-electron chi connectivity index (χ2n) is 2.84. The van der Waals surface area contributed by atoms with Gasteiger partial charge in [0, 0.05) is 25.4 Å². The average Bonchev–Trinajstić information content (AvgIpc) is 2.52. The van der Waals surface area contributed by atoms with Crippen molar-refractivity contribution in [2.45, 2.75) is 26.3 Å². The number of amides is 1. The Balaban J connectivity index is 2.28. The minimum absolute atomic E-state index is 0.127. The number of aryl methyl sites for hydroxylation is 2. The number of nitrogens with zero attached hydrogens (tertiary/aromatic N) is 2. The fourth-order valence-corrected chi connectivity index (χ4v) is 1.12. The molecule has 0 saturated carbocycles. The Labute approximate surface area is 76.9 Å². The predicted octanol–water partition coefficient (Wildman–Crippen LogP) is -0.0384. The summed E-state index contributed by atoms with van der Waals surface area (Å²) in [6, 6.07) is 0. The van der Waals surface area contributed by atoms with Gasteiger partial charge in [-0.1, -0.05) is 0 Å². The summed E-state index contributed by atoms with van der Waals surface area (Å²) >= 11 is 0. The smallest absolute Gasteiger partial charge is 0.233 e. The van der Waals surface area contributed by atoms with Gasteiger partial charge in [-0.05, 0) is 13.3 Å². The first kappa shape index (κ1) is 9.73. The zero-order valence-corrected chi connectivity index (χ0v) is 7.66. The van der Waals surface area contributed by atoms with E-state index in [0.29, 0.717) is 6.42 Å². The third-order valence-corrected chi connectivity index (χ3v) is 1.89. The number of hydrazine groups is 1. The number of imidazole rings is 1. The summed E-state index contributed by atoms with van der Waals surface area (Å²) in [7, 11) is 0. The van der Waals surface area contributed by atoms with Gasteiger partial charge in [0.05, 0.1) is 0 Å². The van der Waals surface area contributed by atoms with Crippen molar-refractivity contribution in [3.63, 3.8) is 0 Å². The lowest BCUT2D eigenvalue weighted by Crippen LogP contribution is -2.29. The van der Waals surface area contributed by atoms with Gasteiger partial charge in [-0.25, -0.2) is 10.8 Å². The molecule has 0 saturated heterocycles. The van der Waals surface area contributed by atoms with E-state index in [1.54, 1.807) is 6.20 Å². The molecule has 0 aliphatic carbocycles. The summed E-state index contributed by atoms with van der Waals surface area (Å²) in [5, 5.41) is 0. The summed E-state index contributed by atoms with van der Waals surface area (Å²) in [4.78, 5) is 14.8. The van der Waals surface area contributed by atoms with E-state index >= 15 is 0 Å². The van der Waals surface area contributed by atoms with E-state index in [-0.39, 0.29) is 5.91 Å². The van der Waals surface area contributed by atoms with Crippen molar-refractivity contribution in [1.82, 2.24) is 15.0 Å². The molecule has 5 nitrogen and oxygen atoms in total. The number of hydrogen-bond acceptors (Lipinski definition) is 3. The van der Waals surface area contributed by atoms with Crippen LogP contribution in [-0.4, -0.2) is 15.5 Å². The first-order chi connectivity index (χ1) is 6.24. The van der Waals surface area contributed by atoms with Gasteiger partial charge in [0.25, 0.3) is 0 Å². The van der Waals surface area contributed by atoms with E-state index in [1.165, 1.54) is 0 Å². The fraction of sp³-hybridized carbons (Fsp3) is 0.500. The summed E-state index contributed by atoms with van der Waals surface area (Å²) in [5.74, 6) is 5.78. The van der Waals surface area contributed by atoms with E-state index in [9.17, 15) is 4.79 Å². The zero-order valence-electron chi connectivity index (χ0n) is 7.66. The molecule has 0 aromatic carbocycles. The molecule has 1 aromatic rings. The van der Waals surface area contributed by atoms with Crippen LogP contribution in [0.4, 0.5) is 0 Å². The van der Waals surface area contributed by atoms with Crippen molar-refractivity contribution in [2.24, 2.45) is 5.84 Å². The molecule has 3 N–H and O–H groups in total. The summed E-state index contributed by atoms with van der Waals surface area (Å²) in [6.45, 7) is 2.74. The van der Waals surface area contributed by atoms with E-state index in [4.69, 9.17) is 5.84 Å². The molecule has 0 unspecified atom stereocenters. The Morgan fingerprint density at radius 3 is 3.08 bits per heavy atom. The van der Waals surface area contributed by atoms with Crippen LogP contribution in [0.5, 0.6) is 0 Å².